The molecule has 2 rings (SSSR count). The fraction of sp³-hybridized carbons (Fsp3) is 1.00. The van der Waals surface area contributed by atoms with E-state index in [1.807, 2.05) is 6.92 Å². The summed E-state index contributed by atoms with van der Waals surface area (Å²) in [5, 5.41) is 12.3. The average Bonchev–Trinajstić information content (AvgIpc) is 2.74. The Hall–Kier alpha value is -0.0800. The van der Waals surface area contributed by atoms with E-state index in [4.69, 9.17) is 5.11 Å². The van der Waals surface area contributed by atoms with Crippen molar-refractivity contribution in [1.29, 1.82) is 0 Å². The molecule has 2 fully saturated rings. The molecule has 2 bridgehead atoms. The summed E-state index contributed by atoms with van der Waals surface area (Å²) in [5.74, 6) is 2.96. The smallest absolute Gasteiger partial charge is 0.0581 e. The molecule has 4 unspecified atom stereocenters. The van der Waals surface area contributed by atoms with Gasteiger partial charge in [0.05, 0.1) is 6.61 Å². The zero-order valence-electron chi connectivity index (χ0n) is 8.50. The summed E-state index contributed by atoms with van der Waals surface area (Å²) in [6, 6.07) is 0.277. The number of aliphatic hydroxyl groups excluding tert-OH is 1. The van der Waals surface area contributed by atoms with Crippen molar-refractivity contribution in [2.45, 2.75) is 38.6 Å². The number of hydrogen-bond acceptors (Lipinski definition) is 2. The molecule has 2 N–H and O–H groups in total. The molecule has 13 heavy (non-hydrogen) atoms. The van der Waals surface area contributed by atoms with Crippen LogP contribution in [0, 0.1) is 17.8 Å². The van der Waals surface area contributed by atoms with E-state index in [2.05, 4.69) is 5.32 Å². The monoisotopic (exact) mass is 183 g/mol. The highest BCUT2D eigenvalue weighted by Crippen LogP contribution is 2.47. The van der Waals surface area contributed by atoms with Gasteiger partial charge in [-0.3, -0.25) is 0 Å². The van der Waals surface area contributed by atoms with Crippen LogP contribution in [0.15, 0.2) is 0 Å². The van der Waals surface area contributed by atoms with Crippen LogP contribution in [-0.2, 0) is 0 Å². The highest BCUT2D eigenvalue weighted by atomic mass is 16.3. The van der Waals surface area contributed by atoms with Gasteiger partial charge in [0.1, 0.15) is 0 Å². The van der Waals surface area contributed by atoms with Gasteiger partial charge in [0.25, 0.3) is 0 Å². The molecular weight excluding hydrogens is 162 g/mol. The standard InChI is InChI=1S/C11H21NO/c1-8(7-13)12-6-11-5-9-2-3-10(11)4-9/h8-13H,2-7H2,1H3. The SMILES string of the molecule is CC(CO)NCC1CC2CCC1C2. The summed E-state index contributed by atoms with van der Waals surface area (Å²) in [4.78, 5) is 0. The Morgan fingerprint density at radius 3 is 2.77 bits per heavy atom. The van der Waals surface area contributed by atoms with Crippen LogP contribution in [0.2, 0.25) is 0 Å². The lowest BCUT2D eigenvalue weighted by molar-refractivity contribution is 0.234. The third kappa shape index (κ3) is 2.05. The van der Waals surface area contributed by atoms with Crippen molar-refractivity contribution in [3.63, 3.8) is 0 Å². The molecule has 2 aliphatic rings. The molecule has 0 aliphatic heterocycles. The molecule has 0 aromatic heterocycles. The minimum Gasteiger partial charge on any atom is -0.395 e. The van der Waals surface area contributed by atoms with E-state index >= 15 is 0 Å². The van der Waals surface area contributed by atoms with Crippen molar-refractivity contribution < 1.29 is 5.11 Å². The van der Waals surface area contributed by atoms with Crippen LogP contribution >= 0.6 is 0 Å². The summed E-state index contributed by atoms with van der Waals surface area (Å²) in [6.07, 6.45) is 5.87. The second-order valence-corrected chi connectivity index (χ2v) is 4.93. The van der Waals surface area contributed by atoms with Crippen molar-refractivity contribution in [3.05, 3.63) is 0 Å². The lowest BCUT2D eigenvalue weighted by Crippen LogP contribution is -2.35. The Balaban J connectivity index is 1.71. The first-order valence-electron chi connectivity index (χ1n) is 5.64. The minimum atomic E-state index is 0.265. The highest BCUT2D eigenvalue weighted by molar-refractivity contribution is 4.90. The summed E-state index contributed by atoms with van der Waals surface area (Å²) < 4.78 is 0. The third-order valence-corrected chi connectivity index (χ3v) is 3.89. The van der Waals surface area contributed by atoms with Crippen LogP contribution in [0.5, 0.6) is 0 Å². The minimum absolute atomic E-state index is 0.265. The maximum absolute atomic E-state index is 8.88. The largest absolute Gasteiger partial charge is 0.395 e. The van der Waals surface area contributed by atoms with Gasteiger partial charge in [-0.25, -0.2) is 0 Å². The summed E-state index contributed by atoms with van der Waals surface area (Å²) in [7, 11) is 0. The van der Waals surface area contributed by atoms with Gasteiger partial charge < -0.3 is 10.4 Å². The Morgan fingerprint density at radius 2 is 2.23 bits per heavy atom. The number of hydrogen-bond donors (Lipinski definition) is 2. The Morgan fingerprint density at radius 1 is 1.38 bits per heavy atom. The molecule has 2 heteroatoms. The fourth-order valence-corrected chi connectivity index (χ4v) is 3.04. The molecule has 2 aliphatic carbocycles. The average molecular weight is 183 g/mol. The van der Waals surface area contributed by atoms with Gasteiger partial charge in [-0.05, 0) is 50.5 Å². The molecular formula is C11H21NO. The second kappa shape index (κ2) is 3.97. The summed E-state index contributed by atoms with van der Waals surface area (Å²) >= 11 is 0. The number of fused-ring (bicyclic) bond motifs is 2. The Labute approximate surface area is 80.7 Å². The van der Waals surface area contributed by atoms with E-state index < -0.39 is 0 Å². The van der Waals surface area contributed by atoms with E-state index in [1.54, 1.807) is 0 Å². The number of rotatable bonds is 4. The first kappa shape index (κ1) is 9.47. The molecule has 0 aromatic rings. The first-order chi connectivity index (χ1) is 6.29. The second-order valence-electron chi connectivity index (χ2n) is 4.93. The summed E-state index contributed by atoms with van der Waals surface area (Å²) in [6.45, 7) is 3.44. The van der Waals surface area contributed by atoms with Crippen molar-refractivity contribution in [3.8, 4) is 0 Å². The topological polar surface area (TPSA) is 32.3 Å². The molecule has 4 atom stereocenters. The van der Waals surface area contributed by atoms with Gasteiger partial charge in [-0.1, -0.05) is 6.42 Å². The van der Waals surface area contributed by atoms with Gasteiger partial charge in [-0.2, -0.15) is 0 Å². The molecule has 2 nitrogen and oxygen atoms in total. The maximum atomic E-state index is 8.88. The van der Waals surface area contributed by atoms with Gasteiger partial charge >= 0.3 is 0 Å². The van der Waals surface area contributed by atoms with Crippen LogP contribution in [0.25, 0.3) is 0 Å². The molecule has 0 spiro atoms. The molecule has 2 saturated carbocycles. The number of nitrogens with one attached hydrogen (secondary N) is 1. The van der Waals surface area contributed by atoms with Gasteiger partial charge in [0.2, 0.25) is 0 Å². The quantitative estimate of drug-likeness (QED) is 0.690. The lowest BCUT2D eigenvalue weighted by Gasteiger charge is -2.23. The fourth-order valence-electron chi connectivity index (χ4n) is 3.04. The van der Waals surface area contributed by atoms with Crippen LogP contribution in [-0.4, -0.2) is 24.3 Å². The van der Waals surface area contributed by atoms with E-state index in [9.17, 15) is 0 Å². The Bertz CT molecular complexity index is 171. The molecule has 0 radical (unpaired) electrons. The first-order valence-corrected chi connectivity index (χ1v) is 5.64. The normalized spacial score (nSPS) is 39.7. The molecule has 76 valence electrons. The molecule has 0 aromatic carbocycles. The van der Waals surface area contributed by atoms with Gasteiger partial charge in [-0.15, -0.1) is 0 Å². The van der Waals surface area contributed by atoms with Crippen LogP contribution in [0.1, 0.15) is 32.6 Å². The third-order valence-electron chi connectivity index (χ3n) is 3.89. The summed E-state index contributed by atoms with van der Waals surface area (Å²) in [5.41, 5.74) is 0. The highest BCUT2D eigenvalue weighted by Gasteiger charge is 2.38. The lowest BCUT2D eigenvalue weighted by atomic mass is 9.89. The van der Waals surface area contributed by atoms with E-state index in [0.29, 0.717) is 0 Å². The van der Waals surface area contributed by atoms with Crippen LogP contribution in [0.3, 0.4) is 0 Å². The number of aliphatic hydroxyl groups is 1. The van der Waals surface area contributed by atoms with Crippen molar-refractivity contribution in [1.82, 2.24) is 5.32 Å². The maximum Gasteiger partial charge on any atom is 0.0581 e. The molecule has 0 saturated heterocycles. The Kier molecular flexibility index (Phi) is 2.89. The van der Waals surface area contributed by atoms with E-state index in [0.717, 1.165) is 24.3 Å². The van der Waals surface area contributed by atoms with E-state index in [-0.39, 0.29) is 12.6 Å². The van der Waals surface area contributed by atoms with Crippen molar-refractivity contribution in [2.75, 3.05) is 13.2 Å². The van der Waals surface area contributed by atoms with Gasteiger partial charge in [0.15, 0.2) is 0 Å². The molecule has 0 amide bonds. The van der Waals surface area contributed by atoms with E-state index in [1.165, 1.54) is 25.7 Å². The van der Waals surface area contributed by atoms with Gasteiger partial charge in [0, 0.05) is 6.04 Å². The molecule has 0 heterocycles. The predicted octanol–water partition coefficient (Wildman–Crippen LogP) is 1.39. The van der Waals surface area contributed by atoms with Crippen LogP contribution < -0.4 is 5.32 Å². The zero-order chi connectivity index (χ0) is 9.26. The van der Waals surface area contributed by atoms with Crippen LogP contribution in [0.4, 0.5) is 0 Å². The van der Waals surface area contributed by atoms with Crippen molar-refractivity contribution in [2.24, 2.45) is 17.8 Å². The zero-order valence-corrected chi connectivity index (χ0v) is 8.50. The predicted molar refractivity (Wildman–Crippen MR) is 53.5 cm³/mol. The van der Waals surface area contributed by atoms with Crippen molar-refractivity contribution >= 4 is 0 Å².